The molecule has 0 spiro atoms. The second kappa shape index (κ2) is 5.96. The van der Waals surface area contributed by atoms with Crippen molar-refractivity contribution in [3.05, 3.63) is 0 Å². The van der Waals surface area contributed by atoms with Crippen LogP contribution in [0, 0.1) is 5.92 Å². The molecule has 2 aliphatic rings. The molecule has 2 N–H and O–H groups in total. The van der Waals surface area contributed by atoms with E-state index in [-0.39, 0.29) is 6.04 Å². The van der Waals surface area contributed by atoms with E-state index in [2.05, 4.69) is 11.8 Å². The van der Waals surface area contributed by atoms with Crippen LogP contribution in [-0.2, 0) is 9.47 Å². The molecule has 2 saturated heterocycles. The van der Waals surface area contributed by atoms with E-state index < -0.39 is 0 Å². The van der Waals surface area contributed by atoms with E-state index in [1.54, 1.807) is 0 Å². The lowest BCUT2D eigenvalue weighted by molar-refractivity contribution is 0.0675. The van der Waals surface area contributed by atoms with Gasteiger partial charge in [-0.15, -0.1) is 0 Å². The normalized spacial score (nSPS) is 35.1. The Labute approximate surface area is 98.1 Å². The van der Waals surface area contributed by atoms with Crippen LogP contribution in [-0.4, -0.2) is 56.5 Å². The molecule has 0 amide bonds. The zero-order chi connectivity index (χ0) is 11.4. The molecule has 2 rings (SSSR count). The number of hydrogen-bond donors (Lipinski definition) is 1. The Morgan fingerprint density at radius 3 is 2.75 bits per heavy atom. The quantitative estimate of drug-likeness (QED) is 0.743. The van der Waals surface area contributed by atoms with Gasteiger partial charge < -0.3 is 20.1 Å². The van der Waals surface area contributed by atoms with Crippen molar-refractivity contribution in [1.82, 2.24) is 4.90 Å². The third-order valence-electron chi connectivity index (χ3n) is 3.67. The molecular weight excluding hydrogens is 204 g/mol. The van der Waals surface area contributed by atoms with Crippen LogP contribution in [0.3, 0.4) is 0 Å². The van der Waals surface area contributed by atoms with Crippen molar-refractivity contribution in [2.75, 3.05) is 39.5 Å². The Kier molecular flexibility index (Phi) is 4.58. The van der Waals surface area contributed by atoms with Crippen molar-refractivity contribution in [2.45, 2.75) is 31.9 Å². The molecule has 0 aromatic carbocycles. The summed E-state index contributed by atoms with van der Waals surface area (Å²) in [5, 5.41) is 0. The lowest BCUT2D eigenvalue weighted by Gasteiger charge is -2.27. The summed E-state index contributed by atoms with van der Waals surface area (Å²) in [6.45, 7) is 7.87. The highest BCUT2D eigenvalue weighted by Crippen LogP contribution is 2.17. The Morgan fingerprint density at radius 1 is 1.31 bits per heavy atom. The predicted octanol–water partition coefficient (Wildman–Crippen LogP) is 0.461. The van der Waals surface area contributed by atoms with E-state index in [4.69, 9.17) is 15.2 Å². The van der Waals surface area contributed by atoms with Gasteiger partial charge in [-0.2, -0.15) is 0 Å². The zero-order valence-corrected chi connectivity index (χ0v) is 10.2. The standard InChI is InChI=1S/C12H24N2O2/c1-2-14(7-11-4-3-5-16-11)6-10-8-15-9-12(10)13/h10-12H,2-9,13H2,1H3. The largest absolute Gasteiger partial charge is 0.379 e. The zero-order valence-electron chi connectivity index (χ0n) is 10.2. The summed E-state index contributed by atoms with van der Waals surface area (Å²) >= 11 is 0. The first-order chi connectivity index (χ1) is 7.79. The Bertz CT molecular complexity index is 207. The summed E-state index contributed by atoms with van der Waals surface area (Å²) in [6, 6.07) is 0.221. The maximum absolute atomic E-state index is 6.01. The summed E-state index contributed by atoms with van der Waals surface area (Å²) in [4.78, 5) is 2.45. The summed E-state index contributed by atoms with van der Waals surface area (Å²) in [7, 11) is 0. The van der Waals surface area contributed by atoms with Crippen LogP contribution in [0.5, 0.6) is 0 Å². The molecule has 0 aliphatic carbocycles. The number of hydrogen-bond acceptors (Lipinski definition) is 4. The minimum Gasteiger partial charge on any atom is -0.379 e. The van der Waals surface area contributed by atoms with Crippen LogP contribution in [0.2, 0.25) is 0 Å². The summed E-state index contributed by atoms with van der Waals surface area (Å²) in [6.07, 6.45) is 2.87. The summed E-state index contributed by atoms with van der Waals surface area (Å²) < 4.78 is 11.1. The lowest BCUT2D eigenvalue weighted by atomic mass is 10.0. The van der Waals surface area contributed by atoms with Gasteiger partial charge in [0.25, 0.3) is 0 Å². The fraction of sp³-hybridized carbons (Fsp3) is 1.00. The van der Waals surface area contributed by atoms with E-state index >= 15 is 0 Å². The Balaban J connectivity index is 1.75. The number of ether oxygens (including phenoxy) is 2. The Hall–Kier alpha value is -0.160. The van der Waals surface area contributed by atoms with E-state index in [0.717, 1.165) is 39.5 Å². The summed E-state index contributed by atoms with van der Waals surface area (Å²) in [5.41, 5.74) is 6.01. The molecule has 16 heavy (non-hydrogen) atoms. The first-order valence-corrected chi connectivity index (χ1v) is 6.47. The molecule has 4 nitrogen and oxygen atoms in total. The van der Waals surface area contributed by atoms with Gasteiger partial charge in [-0.25, -0.2) is 0 Å². The molecule has 2 fully saturated rings. The van der Waals surface area contributed by atoms with Crippen molar-refractivity contribution >= 4 is 0 Å². The number of nitrogens with two attached hydrogens (primary N) is 1. The summed E-state index contributed by atoms with van der Waals surface area (Å²) in [5.74, 6) is 0.501. The smallest absolute Gasteiger partial charge is 0.0702 e. The highest BCUT2D eigenvalue weighted by Gasteiger charge is 2.27. The van der Waals surface area contributed by atoms with Gasteiger partial charge in [0, 0.05) is 31.7 Å². The van der Waals surface area contributed by atoms with Crippen molar-refractivity contribution in [2.24, 2.45) is 11.7 Å². The van der Waals surface area contributed by atoms with Crippen LogP contribution in [0.15, 0.2) is 0 Å². The highest BCUT2D eigenvalue weighted by molar-refractivity contribution is 4.81. The maximum Gasteiger partial charge on any atom is 0.0702 e. The van der Waals surface area contributed by atoms with E-state index in [9.17, 15) is 0 Å². The number of nitrogens with zero attached hydrogens (tertiary/aromatic N) is 1. The van der Waals surface area contributed by atoms with Crippen molar-refractivity contribution in [3.63, 3.8) is 0 Å². The molecule has 3 atom stereocenters. The van der Waals surface area contributed by atoms with Crippen molar-refractivity contribution < 1.29 is 9.47 Å². The SMILES string of the molecule is CCN(CC1CCCO1)CC1COCC1N. The third kappa shape index (κ3) is 3.17. The third-order valence-corrected chi connectivity index (χ3v) is 3.67. The van der Waals surface area contributed by atoms with Gasteiger partial charge in [0.15, 0.2) is 0 Å². The van der Waals surface area contributed by atoms with Crippen LogP contribution in [0.4, 0.5) is 0 Å². The number of likely N-dealkylation sites (N-methyl/N-ethyl adjacent to an activating group) is 1. The van der Waals surface area contributed by atoms with Gasteiger partial charge in [-0.3, -0.25) is 0 Å². The molecule has 2 heterocycles. The molecule has 0 aromatic rings. The van der Waals surface area contributed by atoms with E-state index in [0.29, 0.717) is 12.0 Å². The average molecular weight is 228 g/mol. The average Bonchev–Trinajstić information content (AvgIpc) is 2.90. The van der Waals surface area contributed by atoms with Crippen LogP contribution >= 0.6 is 0 Å². The molecule has 4 heteroatoms. The molecule has 0 radical (unpaired) electrons. The second-order valence-electron chi connectivity index (χ2n) is 4.95. The monoisotopic (exact) mass is 228 g/mol. The fourth-order valence-electron chi connectivity index (χ4n) is 2.54. The fourth-order valence-corrected chi connectivity index (χ4v) is 2.54. The van der Waals surface area contributed by atoms with Gasteiger partial charge in [0.05, 0.1) is 19.3 Å². The molecule has 3 unspecified atom stereocenters. The van der Waals surface area contributed by atoms with Gasteiger partial charge in [-0.05, 0) is 19.4 Å². The Morgan fingerprint density at radius 2 is 2.19 bits per heavy atom. The predicted molar refractivity (Wildman–Crippen MR) is 63.4 cm³/mol. The molecule has 0 aromatic heterocycles. The molecule has 2 aliphatic heterocycles. The van der Waals surface area contributed by atoms with Gasteiger partial charge in [0.2, 0.25) is 0 Å². The van der Waals surface area contributed by atoms with Crippen molar-refractivity contribution in [1.29, 1.82) is 0 Å². The maximum atomic E-state index is 6.01. The first-order valence-electron chi connectivity index (χ1n) is 6.47. The van der Waals surface area contributed by atoms with Gasteiger partial charge >= 0.3 is 0 Å². The topological polar surface area (TPSA) is 47.7 Å². The minimum atomic E-state index is 0.221. The number of rotatable bonds is 5. The molecule has 0 bridgehead atoms. The van der Waals surface area contributed by atoms with Crippen LogP contribution in [0.25, 0.3) is 0 Å². The van der Waals surface area contributed by atoms with Gasteiger partial charge in [-0.1, -0.05) is 6.92 Å². The van der Waals surface area contributed by atoms with Gasteiger partial charge in [0.1, 0.15) is 0 Å². The van der Waals surface area contributed by atoms with Crippen molar-refractivity contribution in [3.8, 4) is 0 Å². The molecule has 94 valence electrons. The second-order valence-corrected chi connectivity index (χ2v) is 4.95. The molecular formula is C12H24N2O2. The van der Waals surface area contributed by atoms with Crippen LogP contribution < -0.4 is 5.73 Å². The lowest BCUT2D eigenvalue weighted by Crippen LogP contribution is -2.41. The first kappa shape index (κ1) is 12.3. The van der Waals surface area contributed by atoms with E-state index in [1.807, 2.05) is 0 Å². The minimum absolute atomic E-state index is 0.221. The van der Waals surface area contributed by atoms with Crippen LogP contribution in [0.1, 0.15) is 19.8 Å². The molecule has 0 saturated carbocycles. The highest BCUT2D eigenvalue weighted by atomic mass is 16.5. The van der Waals surface area contributed by atoms with E-state index in [1.165, 1.54) is 12.8 Å².